The number of benzene rings is 1. The Hall–Kier alpha value is -1.75. The van der Waals surface area contributed by atoms with Gasteiger partial charge < -0.3 is 15.0 Å². The molecule has 2 rings (SSSR count). The summed E-state index contributed by atoms with van der Waals surface area (Å²) in [5.74, 6) is -0.219. The van der Waals surface area contributed by atoms with Gasteiger partial charge in [0.15, 0.2) is 0 Å². The Morgan fingerprint density at radius 3 is 2.52 bits per heavy atom. The Morgan fingerprint density at radius 1 is 1.26 bits per heavy atom. The summed E-state index contributed by atoms with van der Waals surface area (Å²) >= 11 is 0. The van der Waals surface area contributed by atoms with E-state index in [0.29, 0.717) is 12.5 Å². The van der Waals surface area contributed by atoms with Crippen LogP contribution < -0.4 is 10.2 Å². The predicted molar refractivity (Wildman–Crippen MR) is 95.1 cm³/mol. The number of rotatable bonds is 6. The quantitative estimate of drug-likeness (QED) is 0.817. The van der Waals surface area contributed by atoms with Crippen LogP contribution in [0.2, 0.25) is 0 Å². The molecule has 0 spiro atoms. The lowest BCUT2D eigenvalue weighted by molar-refractivity contribution is -0.141. The topological polar surface area (TPSA) is 44.8 Å². The average molecular weight is 319 g/mol. The molecule has 1 aliphatic rings. The maximum absolute atomic E-state index is 11.7. The van der Waals surface area contributed by atoms with Crippen molar-refractivity contribution in [1.29, 1.82) is 0 Å². The van der Waals surface area contributed by atoms with Gasteiger partial charge in [-0.2, -0.15) is 0 Å². The van der Waals surface area contributed by atoms with Crippen molar-refractivity contribution in [1.82, 2.24) is 4.90 Å². The number of carbonyl (C=O) groups excluding carboxylic acids is 1. The van der Waals surface area contributed by atoms with Gasteiger partial charge in [-0.05, 0) is 38.5 Å². The first kappa shape index (κ1) is 17.6. The summed E-state index contributed by atoms with van der Waals surface area (Å²) in [5, 5.41) is 3.27. The van der Waals surface area contributed by atoms with Crippen LogP contribution in [-0.4, -0.2) is 56.2 Å². The first-order valence-electron chi connectivity index (χ1n) is 8.48. The third-order valence-corrected chi connectivity index (χ3v) is 4.49. The molecule has 1 fully saturated rings. The number of carbonyl (C=O) groups is 1. The molecule has 1 heterocycles. The van der Waals surface area contributed by atoms with Crippen LogP contribution in [0.5, 0.6) is 0 Å². The minimum absolute atomic E-state index is 0.219. The van der Waals surface area contributed by atoms with E-state index in [1.165, 1.54) is 12.8 Å². The molecule has 0 amide bonds. The van der Waals surface area contributed by atoms with Crippen molar-refractivity contribution >= 4 is 17.3 Å². The van der Waals surface area contributed by atoms with Crippen molar-refractivity contribution in [3.05, 3.63) is 24.3 Å². The molecule has 0 saturated carbocycles. The molecule has 1 aromatic rings. The highest BCUT2D eigenvalue weighted by molar-refractivity contribution is 5.79. The largest absolute Gasteiger partial charge is 0.467 e. The zero-order valence-electron chi connectivity index (χ0n) is 14.7. The van der Waals surface area contributed by atoms with E-state index in [9.17, 15) is 4.79 Å². The zero-order chi connectivity index (χ0) is 16.8. The average Bonchev–Trinajstić information content (AvgIpc) is 2.59. The molecule has 0 aliphatic carbocycles. The molecule has 23 heavy (non-hydrogen) atoms. The van der Waals surface area contributed by atoms with Crippen molar-refractivity contribution in [2.24, 2.45) is 0 Å². The molecule has 1 atom stereocenters. The standard InChI is InChI=1S/C18H29N3O2/c1-5-17(18(22)23-4)19-15-7-6-8-16(13-15)21-11-9-20(10-12-21)14(2)3/h6-8,13-14,17,19H,5,9-12H2,1-4H3/t17-/m0/s1. The summed E-state index contributed by atoms with van der Waals surface area (Å²) in [5.41, 5.74) is 2.17. The summed E-state index contributed by atoms with van der Waals surface area (Å²) in [4.78, 5) is 16.6. The van der Waals surface area contributed by atoms with Gasteiger partial charge in [-0.3, -0.25) is 4.90 Å². The van der Waals surface area contributed by atoms with Crippen LogP contribution in [0.25, 0.3) is 0 Å². The third-order valence-electron chi connectivity index (χ3n) is 4.49. The molecule has 0 unspecified atom stereocenters. The van der Waals surface area contributed by atoms with E-state index in [4.69, 9.17) is 4.74 Å². The number of nitrogens with one attached hydrogen (secondary N) is 1. The van der Waals surface area contributed by atoms with E-state index < -0.39 is 0 Å². The van der Waals surface area contributed by atoms with Crippen LogP contribution in [-0.2, 0) is 9.53 Å². The Labute approximate surface area is 139 Å². The van der Waals surface area contributed by atoms with Gasteiger partial charge in [0.2, 0.25) is 0 Å². The molecule has 0 bridgehead atoms. The van der Waals surface area contributed by atoms with Gasteiger partial charge in [-0.15, -0.1) is 0 Å². The fourth-order valence-corrected chi connectivity index (χ4v) is 2.96. The van der Waals surface area contributed by atoms with Gasteiger partial charge in [0, 0.05) is 43.6 Å². The van der Waals surface area contributed by atoms with Crippen LogP contribution in [0.4, 0.5) is 11.4 Å². The highest BCUT2D eigenvalue weighted by Gasteiger charge is 2.20. The van der Waals surface area contributed by atoms with Crippen molar-refractivity contribution in [3.63, 3.8) is 0 Å². The number of nitrogens with zero attached hydrogens (tertiary/aromatic N) is 2. The lowest BCUT2D eigenvalue weighted by atomic mass is 10.1. The van der Waals surface area contributed by atoms with Gasteiger partial charge >= 0.3 is 5.97 Å². The van der Waals surface area contributed by atoms with Crippen molar-refractivity contribution in [3.8, 4) is 0 Å². The monoisotopic (exact) mass is 319 g/mol. The Kier molecular flexibility index (Phi) is 6.28. The van der Waals surface area contributed by atoms with Gasteiger partial charge in [0.25, 0.3) is 0 Å². The lowest BCUT2D eigenvalue weighted by Gasteiger charge is -2.38. The van der Waals surface area contributed by atoms with Crippen LogP contribution in [0.15, 0.2) is 24.3 Å². The Balaban J connectivity index is 2.01. The predicted octanol–water partition coefficient (Wildman–Crippen LogP) is 2.58. The first-order valence-corrected chi connectivity index (χ1v) is 8.48. The lowest BCUT2D eigenvalue weighted by Crippen LogP contribution is -2.48. The Morgan fingerprint density at radius 2 is 1.96 bits per heavy atom. The molecule has 1 saturated heterocycles. The molecule has 1 aliphatic heterocycles. The summed E-state index contributed by atoms with van der Waals surface area (Å²) in [6.07, 6.45) is 0.698. The summed E-state index contributed by atoms with van der Waals surface area (Å²) in [7, 11) is 1.43. The fourth-order valence-electron chi connectivity index (χ4n) is 2.96. The number of anilines is 2. The van der Waals surface area contributed by atoms with Crippen LogP contribution in [0.1, 0.15) is 27.2 Å². The van der Waals surface area contributed by atoms with Gasteiger partial charge in [-0.25, -0.2) is 4.79 Å². The van der Waals surface area contributed by atoms with Crippen molar-refractivity contribution in [2.75, 3.05) is 43.5 Å². The zero-order valence-corrected chi connectivity index (χ0v) is 14.7. The smallest absolute Gasteiger partial charge is 0.328 e. The van der Waals surface area contributed by atoms with Crippen LogP contribution >= 0.6 is 0 Å². The molecular weight excluding hydrogens is 290 g/mol. The van der Waals surface area contributed by atoms with Crippen LogP contribution in [0, 0.1) is 0 Å². The number of hydrogen-bond acceptors (Lipinski definition) is 5. The van der Waals surface area contributed by atoms with Crippen molar-refractivity contribution in [2.45, 2.75) is 39.3 Å². The molecule has 5 nitrogen and oxygen atoms in total. The summed E-state index contributed by atoms with van der Waals surface area (Å²) in [6, 6.07) is 8.60. The van der Waals surface area contributed by atoms with E-state index in [2.05, 4.69) is 41.1 Å². The maximum Gasteiger partial charge on any atom is 0.328 e. The Bertz CT molecular complexity index is 511. The van der Waals surface area contributed by atoms with Gasteiger partial charge in [0.05, 0.1) is 7.11 Å². The number of piperazine rings is 1. The van der Waals surface area contributed by atoms with Gasteiger partial charge in [0.1, 0.15) is 6.04 Å². The molecule has 1 aromatic carbocycles. The molecule has 0 aromatic heterocycles. The minimum atomic E-state index is -0.298. The van der Waals surface area contributed by atoms with E-state index >= 15 is 0 Å². The number of hydrogen-bond donors (Lipinski definition) is 1. The number of ether oxygens (including phenoxy) is 1. The summed E-state index contributed by atoms with van der Waals surface area (Å²) < 4.78 is 4.84. The maximum atomic E-state index is 11.7. The van der Waals surface area contributed by atoms with E-state index in [1.807, 2.05) is 19.1 Å². The highest BCUT2D eigenvalue weighted by Crippen LogP contribution is 2.22. The van der Waals surface area contributed by atoms with Crippen molar-refractivity contribution < 1.29 is 9.53 Å². The summed E-state index contributed by atoms with van der Waals surface area (Å²) in [6.45, 7) is 10.7. The second-order valence-corrected chi connectivity index (χ2v) is 6.30. The molecule has 5 heteroatoms. The number of esters is 1. The van der Waals surface area contributed by atoms with E-state index in [0.717, 1.165) is 31.9 Å². The molecule has 0 radical (unpaired) electrons. The third kappa shape index (κ3) is 4.61. The second-order valence-electron chi connectivity index (χ2n) is 6.30. The highest BCUT2D eigenvalue weighted by atomic mass is 16.5. The molecular formula is C18H29N3O2. The van der Waals surface area contributed by atoms with E-state index in [1.54, 1.807) is 0 Å². The molecule has 1 N–H and O–H groups in total. The molecule has 128 valence electrons. The van der Waals surface area contributed by atoms with E-state index in [-0.39, 0.29) is 12.0 Å². The van der Waals surface area contributed by atoms with Crippen LogP contribution in [0.3, 0.4) is 0 Å². The second kappa shape index (κ2) is 8.20. The fraction of sp³-hybridized carbons (Fsp3) is 0.611. The SMILES string of the molecule is CC[C@H](Nc1cccc(N2CCN(C(C)C)CC2)c1)C(=O)OC. The minimum Gasteiger partial charge on any atom is -0.467 e. The normalized spacial score (nSPS) is 17.2. The van der Waals surface area contributed by atoms with Gasteiger partial charge in [-0.1, -0.05) is 13.0 Å². The first-order chi connectivity index (χ1) is 11.0. The number of methoxy groups -OCH3 is 1.